The zero-order valence-electron chi connectivity index (χ0n) is 25.4. The van der Waals surface area contributed by atoms with Gasteiger partial charge in [-0.15, -0.1) is 0 Å². The van der Waals surface area contributed by atoms with Crippen molar-refractivity contribution in [2.24, 2.45) is 0 Å². The molecule has 1 saturated heterocycles. The Bertz CT molecular complexity index is 1470. The highest BCUT2D eigenvalue weighted by Crippen LogP contribution is 2.26. The van der Waals surface area contributed by atoms with E-state index in [0.29, 0.717) is 49.7 Å². The van der Waals surface area contributed by atoms with Gasteiger partial charge < -0.3 is 24.6 Å². The number of benzene rings is 2. The summed E-state index contributed by atoms with van der Waals surface area (Å²) in [6.45, 7) is 7.67. The van der Waals surface area contributed by atoms with Crippen LogP contribution in [-0.2, 0) is 33.9 Å². The number of hydrogen-bond donors (Lipinski definition) is 1. The van der Waals surface area contributed by atoms with Crippen molar-refractivity contribution >= 4 is 17.7 Å². The third kappa shape index (κ3) is 7.43. The van der Waals surface area contributed by atoms with Gasteiger partial charge in [0.25, 0.3) is 5.91 Å². The molecule has 43 heavy (non-hydrogen) atoms. The minimum absolute atomic E-state index is 0.0818. The van der Waals surface area contributed by atoms with Gasteiger partial charge in [0.1, 0.15) is 17.2 Å². The van der Waals surface area contributed by atoms with Crippen LogP contribution in [0.4, 0.5) is 0 Å². The summed E-state index contributed by atoms with van der Waals surface area (Å²) in [5.74, 6) is 1.05. The third-order valence-electron chi connectivity index (χ3n) is 8.02. The molecule has 0 radical (unpaired) electrons. The number of amides is 3. The van der Waals surface area contributed by atoms with Crippen LogP contribution in [0.5, 0.6) is 11.5 Å². The molecular formula is C33H41N5O5. The van der Waals surface area contributed by atoms with Crippen LogP contribution in [0.1, 0.15) is 66.8 Å². The fraction of sp³-hybridized carbons (Fsp3) is 0.455. The Labute approximate surface area is 252 Å². The van der Waals surface area contributed by atoms with Gasteiger partial charge in [-0.3, -0.25) is 19.1 Å². The molecule has 2 atom stereocenters. The van der Waals surface area contributed by atoms with Gasteiger partial charge in [-0.1, -0.05) is 38.1 Å². The summed E-state index contributed by atoms with van der Waals surface area (Å²) in [6.07, 6.45) is 1.02. The zero-order valence-corrected chi connectivity index (χ0v) is 25.4. The van der Waals surface area contributed by atoms with Gasteiger partial charge in [0, 0.05) is 33.1 Å². The summed E-state index contributed by atoms with van der Waals surface area (Å²) in [4.78, 5) is 43.0. The second-order valence-corrected chi connectivity index (χ2v) is 11.6. The smallest absolute Gasteiger partial charge is 0.272 e. The normalized spacial score (nSPS) is 20.1. The highest BCUT2D eigenvalue weighted by Gasteiger charge is 2.35. The van der Waals surface area contributed by atoms with Crippen molar-refractivity contribution in [2.45, 2.75) is 71.2 Å². The van der Waals surface area contributed by atoms with E-state index >= 15 is 0 Å². The lowest BCUT2D eigenvalue weighted by Gasteiger charge is -2.39. The predicted molar refractivity (Wildman–Crippen MR) is 162 cm³/mol. The Morgan fingerprint density at radius 2 is 1.77 bits per heavy atom. The molecule has 10 heteroatoms. The first-order valence-electron chi connectivity index (χ1n) is 15.1. The van der Waals surface area contributed by atoms with Crippen LogP contribution in [0.2, 0.25) is 0 Å². The molecule has 2 aliphatic heterocycles. The van der Waals surface area contributed by atoms with Crippen molar-refractivity contribution in [1.29, 1.82) is 0 Å². The maximum Gasteiger partial charge on any atom is 0.272 e. The van der Waals surface area contributed by atoms with E-state index in [1.165, 1.54) is 4.90 Å². The van der Waals surface area contributed by atoms with Crippen LogP contribution in [0.25, 0.3) is 0 Å². The maximum absolute atomic E-state index is 13.7. The quantitative estimate of drug-likeness (QED) is 0.494. The first-order chi connectivity index (χ1) is 20.7. The van der Waals surface area contributed by atoms with E-state index in [2.05, 4.69) is 24.3 Å². The molecule has 4 bridgehead atoms. The lowest BCUT2D eigenvalue weighted by atomic mass is 10.0. The van der Waals surface area contributed by atoms with Gasteiger partial charge >= 0.3 is 0 Å². The average molecular weight is 588 g/mol. The van der Waals surface area contributed by atoms with E-state index < -0.39 is 6.04 Å². The number of carbonyl (C=O) groups is 3. The molecule has 3 aromatic rings. The van der Waals surface area contributed by atoms with Crippen molar-refractivity contribution in [3.05, 3.63) is 77.1 Å². The number of fused-ring (bicyclic) bond motifs is 5. The predicted octanol–water partition coefficient (Wildman–Crippen LogP) is 4.14. The summed E-state index contributed by atoms with van der Waals surface area (Å²) in [5.41, 5.74) is 3.34. The summed E-state index contributed by atoms with van der Waals surface area (Å²) in [5, 5.41) is 7.69. The minimum atomic E-state index is -0.450. The summed E-state index contributed by atoms with van der Waals surface area (Å²) < 4.78 is 14.3. The topological polar surface area (TPSA) is 106 Å². The van der Waals surface area contributed by atoms with Crippen LogP contribution in [-0.4, -0.2) is 76.1 Å². The number of likely N-dealkylation sites (N-methyl/N-ethyl adjacent to an activating group) is 1. The number of piperidine rings is 1. The molecule has 3 heterocycles. The fourth-order valence-corrected chi connectivity index (χ4v) is 5.55. The molecule has 0 aliphatic carbocycles. The van der Waals surface area contributed by atoms with Gasteiger partial charge in [0.15, 0.2) is 0 Å². The van der Waals surface area contributed by atoms with Gasteiger partial charge in [-0.2, -0.15) is 5.10 Å². The van der Waals surface area contributed by atoms with Crippen molar-refractivity contribution in [1.82, 2.24) is 24.9 Å². The number of aromatic nitrogens is 2. The van der Waals surface area contributed by atoms with Gasteiger partial charge in [-0.25, -0.2) is 0 Å². The van der Waals surface area contributed by atoms with Crippen LogP contribution < -0.4 is 10.1 Å². The number of ether oxygens (including phenoxy) is 2. The molecule has 2 aromatic carbocycles. The second-order valence-electron chi connectivity index (χ2n) is 11.6. The van der Waals surface area contributed by atoms with Gasteiger partial charge in [0.2, 0.25) is 11.8 Å². The second kappa shape index (κ2) is 13.4. The summed E-state index contributed by atoms with van der Waals surface area (Å²) >= 11 is 0. The summed E-state index contributed by atoms with van der Waals surface area (Å²) in [7, 11) is 1.63. The van der Waals surface area contributed by atoms with Crippen LogP contribution >= 0.6 is 0 Å². The molecular weight excluding hydrogens is 546 g/mol. The minimum Gasteiger partial charge on any atom is -0.457 e. The van der Waals surface area contributed by atoms with Crippen molar-refractivity contribution < 1.29 is 23.9 Å². The summed E-state index contributed by atoms with van der Waals surface area (Å²) in [6, 6.07) is 16.9. The first kappa shape index (κ1) is 30.3. The van der Waals surface area contributed by atoms with Crippen molar-refractivity contribution in [3.63, 3.8) is 0 Å². The fourth-order valence-electron chi connectivity index (χ4n) is 5.55. The van der Waals surface area contributed by atoms with Gasteiger partial charge in [-0.05, 0) is 67.1 Å². The first-order valence-corrected chi connectivity index (χ1v) is 15.1. The number of hydrogen-bond acceptors (Lipinski definition) is 6. The molecule has 5 rings (SSSR count). The van der Waals surface area contributed by atoms with Crippen LogP contribution in [0.3, 0.4) is 0 Å². The highest BCUT2D eigenvalue weighted by molar-refractivity contribution is 5.93. The zero-order chi connectivity index (χ0) is 30.5. The SMILES string of the molecule is CCn1nc(C(C)C)cc1C(=O)N1CC[C@H]2OCc3cccc(c3)Oc3cccc(c3)CCC(=O)N(C)CC(=O)N[C@H]2C1. The standard InChI is InChI=1S/C33H41N5O5/c1-5-38-29(18-27(35-38)22(2)3)33(41)37-15-14-30-28(19-37)34-31(39)20-36(4)32(40)13-12-23-8-6-10-25(16-23)43-26-11-7-9-24(17-26)21-42-30/h6-11,16-18,22,28,30H,5,12-15,19-21H2,1-4H3,(H,34,39)/t28-,30+/m0/s1. The van der Waals surface area contributed by atoms with E-state index in [0.717, 1.165) is 16.8 Å². The average Bonchev–Trinajstić information content (AvgIpc) is 3.44. The molecule has 1 aromatic heterocycles. The molecule has 1 fully saturated rings. The van der Waals surface area contributed by atoms with E-state index in [1.54, 1.807) is 16.6 Å². The Hall–Kier alpha value is -4.18. The lowest BCUT2D eigenvalue weighted by Crippen LogP contribution is -2.58. The molecule has 1 N–H and O–H groups in total. The van der Waals surface area contributed by atoms with Crippen LogP contribution in [0, 0.1) is 0 Å². The largest absolute Gasteiger partial charge is 0.457 e. The molecule has 0 saturated carbocycles. The third-order valence-corrected chi connectivity index (χ3v) is 8.02. The Morgan fingerprint density at radius 3 is 2.49 bits per heavy atom. The number of nitrogens with zero attached hydrogens (tertiary/aromatic N) is 4. The number of likely N-dealkylation sites (tertiary alicyclic amines) is 1. The molecule has 228 valence electrons. The molecule has 0 unspecified atom stereocenters. The van der Waals surface area contributed by atoms with E-state index in [-0.39, 0.29) is 49.3 Å². The van der Waals surface area contributed by atoms with Crippen molar-refractivity contribution in [2.75, 3.05) is 26.7 Å². The van der Waals surface area contributed by atoms with Crippen molar-refractivity contribution in [3.8, 4) is 11.5 Å². The molecule has 3 amide bonds. The number of nitrogens with one attached hydrogen (secondary N) is 1. The molecule has 2 aliphatic rings. The maximum atomic E-state index is 13.7. The Kier molecular flexibility index (Phi) is 9.45. The Morgan fingerprint density at radius 1 is 1.05 bits per heavy atom. The number of rotatable bonds is 3. The van der Waals surface area contributed by atoms with E-state index in [1.807, 2.05) is 61.5 Å². The van der Waals surface area contributed by atoms with E-state index in [4.69, 9.17) is 9.47 Å². The van der Waals surface area contributed by atoms with Crippen LogP contribution in [0.15, 0.2) is 54.6 Å². The molecule has 10 nitrogen and oxygen atoms in total. The number of aryl methyl sites for hydroxylation is 2. The van der Waals surface area contributed by atoms with E-state index in [9.17, 15) is 14.4 Å². The highest BCUT2D eigenvalue weighted by atomic mass is 16.5. The Balaban J connectivity index is 1.37. The molecule has 0 spiro atoms. The lowest BCUT2D eigenvalue weighted by molar-refractivity contribution is -0.135. The monoisotopic (exact) mass is 587 g/mol. The number of carbonyl (C=O) groups excluding carboxylic acids is 3. The van der Waals surface area contributed by atoms with Gasteiger partial charge in [0.05, 0.1) is 31.0 Å².